The van der Waals surface area contributed by atoms with Gasteiger partial charge >= 0.3 is 0 Å². The zero-order valence-corrected chi connectivity index (χ0v) is 45.3. The van der Waals surface area contributed by atoms with E-state index in [1.165, 1.54) is 0 Å². The fraction of sp³-hybridized carbons (Fsp3) is 0.963. The third-order valence-corrected chi connectivity index (χ3v) is 20.9. The summed E-state index contributed by atoms with van der Waals surface area (Å²) in [5, 5.41) is 161. The minimum atomic E-state index is -1.79. The Bertz CT molecular complexity index is 1970. The van der Waals surface area contributed by atoms with Crippen molar-refractivity contribution in [1.82, 2.24) is 0 Å². The van der Waals surface area contributed by atoms with E-state index in [1.54, 1.807) is 13.8 Å². The van der Waals surface area contributed by atoms with Gasteiger partial charge < -0.3 is 110 Å². The van der Waals surface area contributed by atoms with Gasteiger partial charge in [-0.15, -0.1) is 0 Å². The number of ether oxygens (including phenoxy) is 7. The van der Waals surface area contributed by atoms with Crippen LogP contribution >= 0.6 is 0 Å². The van der Waals surface area contributed by atoms with Crippen LogP contribution in [-0.2, 0) is 33.2 Å². The number of aliphatic hydroxyl groups excluding tert-OH is 14. The summed E-state index contributed by atoms with van der Waals surface area (Å²) in [6.45, 7) is 14.7. The normalized spacial score (nSPS) is 51.5. The summed E-state index contributed by atoms with van der Waals surface area (Å²) in [4.78, 5) is 0. The molecule has 0 radical (unpaired) electrons. The first-order valence-corrected chi connectivity index (χ1v) is 27.8. The lowest BCUT2D eigenvalue weighted by atomic mass is 9.38. The molecule has 3 unspecified atom stereocenters. The predicted octanol–water partition coefficient (Wildman–Crippen LogP) is -1.93. The van der Waals surface area contributed by atoms with Crippen LogP contribution in [0.4, 0.5) is 0 Å². The first kappa shape index (κ1) is 60.9. The molecule has 15 N–H and O–H groups in total. The summed E-state index contributed by atoms with van der Waals surface area (Å²) in [7, 11) is 0. The first-order valence-electron chi connectivity index (χ1n) is 27.8. The fourth-order valence-corrected chi connectivity index (χ4v) is 15.8. The van der Waals surface area contributed by atoms with Gasteiger partial charge in [0.2, 0.25) is 0 Å². The largest absolute Gasteiger partial charge is 0.396 e. The van der Waals surface area contributed by atoms with Crippen molar-refractivity contribution in [3.63, 3.8) is 0 Å². The highest BCUT2D eigenvalue weighted by Gasteiger charge is 2.70. The quantitative estimate of drug-likeness (QED) is 0.0749. The molecule has 4 saturated carbocycles. The molecule has 440 valence electrons. The van der Waals surface area contributed by atoms with Crippen LogP contribution < -0.4 is 0 Å². The van der Waals surface area contributed by atoms with Gasteiger partial charge in [0, 0.05) is 23.4 Å². The Kier molecular flexibility index (Phi) is 18.4. The molecular formula is C54H92O22. The van der Waals surface area contributed by atoms with E-state index in [2.05, 4.69) is 47.6 Å². The fourth-order valence-electron chi connectivity index (χ4n) is 15.8. The summed E-state index contributed by atoms with van der Waals surface area (Å²) in [6.07, 6.45) is -21.3. The van der Waals surface area contributed by atoms with Crippen LogP contribution in [0.15, 0.2) is 11.6 Å². The van der Waals surface area contributed by atoms with E-state index in [9.17, 15) is 76.6 Å². The van der Waals surface area contributed by atoms with Gasteiger partial charge in [-0.05, 0) is 106 Å². The third kappa shape index (κ3) is 10.7. The molecule has 0 aromatic heterocycles. The Morgan fingerprint density at radius 3 is 1.93 bits per heavy atom. The monoisotopic (exact) mass is 1090 g/mol. The highest BCUT2D eigenvalue weighted by atomic mass is 16.8. The molecule has 29 atom stereocenters. The molecule has 0 bridgehead atoms. The van der Waals surface area contributed by atoms with E-state index < -0.39 is 164 Å². The van der Waals surface area contributed by atoms with Crippen LogP contribution in [0.25, 0.3) is 0 Å². The van der Waals surface area contributed by atoms with Crippen LogP contribution in [0, 0.1) is 51.2 Å². The number of allylic oxidation sites excluding steroid dienone is 1. The third-order valence-electron chi connectivity index (χ3n) is 20.9. The lowest BCUT2D eigenvalue weighted by Gasteiger charge is -2.67. The molecule has 0 aromatic rings. The van der Waals surface area contributed by atoms with Crippen molar-refractivity contribution in [3.05, 3.63) is 11.6 Å². The molecule has 3 aliphatic heterocycles. The van der Waals surface area contributed by atoms with Crippen molar-refractivity contribution < 1.29 is 110 Å². The van der Waals surface area contributed by atoms with Crippen molar-refractivity contribution >= 4 is 0 Å². The molecule has 0 aromatic carbocycles. The number of hydrogen-bond donors (Lipinski definition) is 15. The van der Waals surface area contributed by atoms with Gasteiger partial charge in [0.15, 0.2) is 18.9 Å². The Morgan fingerprint density at radius 1 is 0.684 bits per heavy atom. The van der Waals surface area contributed by atoms with Crippen molar-refractivity contribution in [1.29, 1.82) is 0 Å². The van der Waals surface area contributed by atoms with Crippen molar-refractivity contribution in [3.8, 4) is 0 Å². The SMILES string of the molecule is C[C@H](CC[C@@H](O[C@@H]1OC[C@@H](O)[C@H](O)[C@H]1O[C@H]1O[C@@H](CO)[C@H](O)[C@@H](O)[C@@H]1O)C(C)(C)O)C1CC[C@@]2(C)C3CC=C4C(CC[C@H](O[C@@H]5O[C@H](CO[C@@H]6C[C@H](CO)[C@@H](O)[C@H](O)[C@H]6O)[C@@H](O)[C@H](O)[C@H]5O)C4(C)C)[C@]3(C)[C@H](O)C[C@]12C. The van der Waals surface area contributed by atoms with Crippen LogP contribution in [0.5, 0.6) is 0 Å². The Hall–Kier alpha value is -1.14. The van der Waals surface area contributed by atoms with Gasteiger partial charge in [0.1, 0.15) is 79.4 Å². The number of hydrogen-bond acceptors (Lipinski definition) is 22. The molecule has 3 saturated heterocycles. The zero-order chi connectivity index (χ0) is 55.9. The smallest absolute Gasteiger partial charge is 0.187 e. The minimum Gasteiger partial charge on any atom is -0.396 e. The van der Waals surface area contributed by atoms with E-state index in [0.717, 1.165) is 18.4 Å². The second-order valence-corrected chi connectivity index (χ2v) is 25.9. The van der Waals surface area contributed by atoms with E-state index in [-0.39, 0.29) is 54.1 Å². The van der Waals surface area contributed by atoms with E-state index in [4.69, 9.17) is 33.2 Å². The number of rotatable bonds is 16. The second-order valence-electron chi connectivity index (χ2n) is 25.9. The lowest BCUT2D eigenvalue weighted by molar-refractivity contribution is -0.364. The summed E-state index contributed by atoms with van der Waals surface area (Å²) < 4.78 is 42.2. The van der Waals surface area contributed by atoms with Gasteiger partial charge in [-0.1, -0.05) is 53.2 Å². The molecule has 76 heavy (non-hydrogen) atoms. The van der Waals surface area contributed by atoms with Gasteiger partial charge in [-0.3, -0.25) is 0 Å². The molecule has 8 aliphatic rings. The van der Waals surface area contributed by atoms with E-state index in [0.29, 0.717) is 38.5 Å². The average Bonchev–Trinajstić information content (AvgIpc) is 3.70. The second kappa shape index (κ2) is 22.9. The molecule has 5 aliphatic carbocycles. The van der Waals surface area contributed by atoms with Crippen molar-refractivity contribution in [2.75, 3.05) is 26.4 Å². The molecule has 0 spiro atoms. The summed E-state index contributed by atoms with van der Waals surface area (Å²) in [5.41, 5.74) is -1.86. The Labute approximate surface area is 445 Å². The Morgan fingerprint density at radius 2 is 1.30 bits per heavy atom. The van der Waals surface area contributed by atoms with E-state index in [1.807, 2.05) is 0 Å². The molecule has 3 heterocycles. The maximum absolute atomic E-state index is 12.7. The van der Waals surface area contributed by atoms with Crippen LogP contribution in [0.1, 0.15) is 113 Å². The molecule has 0 amide bonds. The minimum absolute atomic E-state index is 0.00177. The summed E-state index contributed by atoms with van der Waals surface area (Å²) in [5.74, 6) is -0.360. The van der Waals surface area contributed by atoms with Gasteiger partial charge in [-0.25, -0.2) is 0 Å². The summed E-state index contributed by atoms with van der Waals surface area (Å²) >= 11 is 0. The average molecular weight is 1090 g/mol. The first-order chi connectivity index (χ1) is 35.5. The van der Waals surface area contributed by atoms with Gasteiger partial charge in [0.05, 0.1) is 55.9 Å². The zero-order valence-electron chi connectivity index (χ0n) is 45.3. The van der Waals surface area contributed by atoms with Gasteiger partial charge in [-0.2, -0.15) is 0 Å². The topological polar surface area (TPSA) is 368 Å². The highest BCUT2D eigenvalue weighted by molar-refractivity contribution is 5.32. The van der Waals surface area contributed by atoms with E-state index >= 15 is 0 Å². The number of fused-ring (bicyclic) bond motifs is 5. The van der Waals surface area contributed by atoms with Crippen molar-refractivity contribution in [2.24, 2.45) is 51.2 Å². The lowest BCUT2D eigenvalue weighted by Crippen LogP contribution is -2.65. The summed E-state index contributed by atoms with van der Waals surface area (Å²) in [6, 6.07) is 0. The van der Waals surface area contributed by atoms with Crippen LogP contribution in [0.3, 0.4) is 0 Å². The molecule has 8 rings (SSSR count). The van der Waals surface area contributed by atoms with Crippen LogP contribution in [0.2, 0.25) is 0 Å². The predicted molar refractivity (Wildman–Crippen MR) is 265 cm³/mol. The Balaban J connectivity index is 0.929. The standard InChI is InChI=1S/C54H92O22/c1-23(9-13-35(51(4,5)69)75-49-46(37(60)28(57)21-71-49)76-48-45(68)42(65)39(62)30(20-56)72-48)25-15-16-52(6)32-12-10-26-27(54(32,8)33(58)18-53(25,52)7)11-14-34(50(26,2)3)74-47-44(67)43(66)40(63)31(73-47)22-70-29-17-24(19-55)36(59)41(64)38(29)61/h10,23-25,27-49,55-69H,9,11-22H2,1-8H3/t23-,24-,25?,27?,28-,29-,30+,31-,32?,33-,34+,35-,36-,37+,38+,39+,40-,41+,42-,43+,44-,45+,46-,47+,48-,49+,52+,53-,54+/m1/s1. The van der Waals surface area contributed by atoms with Gasteiger partial charge in [0.25, 0.3) is 0 Å². The number of aliphatic hydroxyl groups is 15. The molecule has 22 nitrogen and oxygen atoms in total. The molecule has 22 heteroatoms. The van der Waals surface area contributed by atoms with Crippen molar-refractivity contribution in [2.45, 2.75) is 248 Å². The maximum atomic E-state index is 12.7. The highest BCUT2D eigenvalue weighted by Crippen LogP contribution is 2.75. The molecule has 7 fully saturated rings. The van der Waals surface area contributed by atoms with Crippen LogP contribution in [-0.4, -0.2) is 237 Å². The maximum Gasteiger partial charge on any atom is 0.187 e. The molecular weight excluding hydrogens is 1000 g/mol.